The number of carbonyl (C=O) groups excluding carboxylic acids is 1. The maximum Gasteiger partial charge on any atom is 0.254 e. The Morgan fingerprint density at radius 2 is 2.05 bits per heavy atom. The molecular weight excluding hydrogens is 252 g/mol. The third-order valence-electron chi connectivity index (χ3n) is 4.63. The summed E-state index contributed by atoms with van der Waals surface area (Å²) in [7, 11) is 0. The zero-order valence-corrected chi connectivity index (χ0v) is 12.0. The van der Waals surface area contributed by atoms with E-state index >= 15 is 0 Å². The Morgan fingerprint density at radius 3 is 2.65 bits per heavy atom. The maximum atomic E-state index is 12.6. The van der Waals surface area contributed by atoms with Crippen molar-refractivity contribution in [2.24, 2.45) is 0 Å². The number of amides is 1. The molecule has 2 fully saturated rings. The van der Waals surface area contributed by atoms with Gasteiger partial charge in [-0.2, -0.15) is 0 Å². The Kier molecular flexibility index (Phi) is 3.74. The molecule has 0 aliphatic carbocycles. The highest BCUT2D eigenvalue weighted by molar-refractivity contribution is 5.85. The molecule has 1 atom stereocenters. The first-order valence-corrected chi connectivity index (χ1v) is 7.52. The predicted molar refractivity (Wildman–Crippen MR) is 76.4 cm³/mol. The molecule has 0 saturated carbocycles. The van der Waals surface area contributed by atoms with Gasteiger partial charge in [-0.05, 0) is 56.2 Å². The quantitative estimate of drug-likeness (QED) is 0.831. The van der Waals surface area contributed by atoms with Gasteiger partial charge in [-0.25, -0.2) is 0 Å². The third kappa shape index (κ3) is 2.57. The van der Waals surface area contributed by atoms with E-state index in [0.717, 1.165) is 45.4 Å². The number of carbonyl (C=O) groups is 1. The number of ether oxygens (including phenoxy) is 1. The van der Waals surface area contributed by atoms with E-state index in [2.05, 4.69) is 17.1 Å². The molecule has 3 heterocycles. The highest BCUT2D eigenvalue weighted by Gasteiger charge is 2.41. The standard InChI is InChI=1S/C16H22N2O2/c1-16(7-2-12-20-16)15(19)18-10-5-14(6-11-18)13-3-8-17-9-4-13/h3-4,8-9,14H,2,5-7,10-12H2,1H3/t16-/m0/s1. The summed E-state index contributed by atoms with van der Waals surface area (Å²) in [6.45, 7) is 4.34. The summed E-state index contributed by atoms with van der Waals surface area (Å²) < 4.78 is 5.67. The monoisotopic (exact) mass is 274 g/mol. The molecule has 3 rings (SSSR count). The molecular formula is C16H22N2O2. The molecule has 2 aliphatic rings. The molecule has 2 saturated heterocycles. The van der Waals surface area contributed by atoms with Crippen LogP contribution in [0.3, 0.4) is 0 Å². The summed E-state index contributed by atoms with van der Waals surface area (Å²) in [6, 6.07) is 4.17. The smallest absolute Gasteiger partial charge is 0.254 e. The molecule has 0 bridgehead atoms. The highest BCUT2D eigenvalue weighted by Crippen LogP contribution is 2.32. The Hall–Kier alpha value is -1.42. The number of aromatic nitrogens is 1. The summed E-state index contributed by atoms with van der Waals surface area (Å²) in [4.78, 5) is 18.6. The molecule has 0 N–H and O–H groups in total. The summed E-state index contributed by atoms with van der Waals surface area (Å²) in [5.41, 5.74) is 0.777. The lowest BCUT2D eigenvalue weighted by molar-refractivity contribution is -0.152. The van der Waals surface area contributed by atoms with E-state index in [1.165, 1.54) is 5.56 Å². The number of pyridine rings is 1. The minimum absolute atomic E-state index is 0.183. The largest absolute Gasteiger partial charge is 0.365 e. The van der Waals surface area contributed by atoms with Gasteiger partial charge in [0.15, 0.2) is 0 Å². The zero-order chi connectivity index (χ0) is 14.0. The van der Waals surface area contributed by atoms with Gasteiger partial charge in [0.1, 0.15) is 5.60 Å². The molecule has 0 spiro atoms. The Bertz CT molecular complexity index is 461. The topological polar surface area (TPSA) is 42.4 Å². The van der Waals surface area contributed by atoms with Crippen molar-refractivity contribution in [1.82, 2.24) is 9.88 Å². The van der Waals surface area contributed by atoms with Gasteiger partial charge in [-0.3, -0.25) is 9.78 Å². The first kappa shape index (κ1) is 13.6. The molecule has 0 unspecified atom stereocenters. The molecule has 1 aromatic heterocycles. The number of piperidine rings is 1. The summed E-state index contributed by atoms with van der Waals surface area (Å²) >= 11 is 0. The molecule has 0 aromatic carbocycles. The van der Waals surface area contributed by atoms with Crippen LogP contribution < -0.4 is 0 Å². The van der Waals surface area contributed by atoms with Gasteiger partial charge < -0.3 is 9.64 Å². The fourth-order valence-electron chi connectivity index (χ4n) is 3.33. The fraction of sp³-hybridized carbons (Fsp3) is 0.625. The lowest BCUT2D eigenvalue weighted by Gasteiger charge is -2.36. The zero-order valence-electron chi connectivity index (χ0n) is 12.0. The Balaban J connectivity index is 1.60. The number of rotatable bonds is 2. The van der Waals surface area contributed by atoms with Crippen molar-refractivity contribution >= 4 is 5.91 Å². The fourth-order valence-corrected chi connectivity index (χ4v) is 3.33. The SMILES string of the molecule is C[C@@]1(C(=O)N2CCC(c3ccncc3)CC2)CCCO1. The van der Waals surface area contributed by atoms with Gasteiger partial charge in [-0.15, -0.1) is 0 Å². The van der Waals surface area contributed by atoms with Crippen LogP contribution in [0.25, 0.3) is 0 Å². The van der Waals surface area contributed by atoms with Crippen LogP contribution in [-0.4, -0.2) is 41.1 Å². The number of hydrogen-bond acceptors (Lipinski definition) is 3. The number of nitrogens with zero attached hydrogens (tertiary/aromatic N) is 2. The van der Waals surface area contributed by atoms with Gasteiger partial charge in [0.2, 0.25) is 0 Å². The van der Waals surface area contributed by atoms with E-state index in [4.69, 9.17) is 4.74 Å². The van der Waals surface area contributed by atoms with Crippen molar-refractivity contribution in [1.29, 1.82) is 0 Å². The minimum atomic E-state index is -0.566. The van der Waals surface area contributed by atoms with Crippen LogP contribution in [-0.2, 0) is 9.53 Å². The summed E-state index contributed by atoms with van der Waals surface area (Å²) in [6.07, 6.45) is 7.62. The van der Waals surface area contributed by atoms with Crippen LogP contribution >= 0.6 is 0 Å². The minimum Gasteiger partial charge on any atom is -0.365 e. The van der Waals surface area contributed by atoms with E-state index in [1.807, 2.05) is 24.2 Å². The molecule has 0 radical (unpaired) electrons. The molecule has 1 amide bonds. The second-order valence-electron chi connectivity index (χ2n) is 6.03. The van der Waals surface area contributed by atoms with Crippen LogP contribution in [0.2, 0.25) is 0 Å². The van der Waals surface area contributed by atoms with Crippen molar-refractivity contribution in [3.8, 4) is 0 Å². The van der Waals surface area contributed by atoms with E-state index in [1.54, 1.807) is 0 Å². The van der Waals surface area contributed by atoms with E-state index in [-0.39, 0.29) is 5.91 Å². The number of likely N-dealkylation sites (tertiary alicyclic amines) is 1. The molecule has 4 nitrogen and oxygen atoms in total. The van der Waals surface area contributed by atoms with E-state index < -0.39 is 5.60 Å². The molecule has 20 heavy (non-hydrogen) atoms. The molecule has 108 valence electrons. The third-order valence-corrected chi connectivity index (χ3v) is 4.63. The molecule has 1 aromatic rings. The van der Waals surface area contributed by atoms with E-state index in [0.29, 0.717) is 5.92 Å². The van der Waals surface area contributed by atoms with Crippen molar-refractivity contribution in [2.45, 2.75) is 44.1 Å². The second kappa shape index (κ2) is 5.52. The van der Waals surface area contributed by atoms with Crippen LogP contribution in [0.15, 0.2) is 24.5 Å². The van der Waals surface area contributed by atoms with Crippen molar-refractivity contribution in [3.05, 3.63) is 30.1 Å². The van der Waals surface area contributed by atoms with Gasteiger partial charge in [0.05, 0.1) is 0 Å². The first-order chi connectivity index (χ1) is 9.69. The average molecular weight is 274 g/mol. The van der Waals surface area contributed by atoms with Crippen LogP contribution in [0.4, 0.5) is 0 Å². The first-order valence-electron chi connectivity index (χ1n) is 7.52. The Labute approximate surface area is 120 Å². The second-order valence-corrected chi connectivity index (χ2v) is 6.03. The van der Waals surface area contributed by atoms with Crippen LogP contribution in [0.1, 0.15) is 44.1 Å². The summed E-state index contributed by atoms with van der Waals surface area (Å²) in [5.74, 6) is 0.738. The summed E-state index contributed by atoms with van der Waals surface area (Å²) in [5, 5.41) is 0. The lowest BCUT2D eigenvalue weighted by atomic mass is 9.89. The van der Waals surface area contributed by atoms with Gasteiger partial charge in [-0.1, -0.05) is 0 Å². The molecule has 2 aliphatic heterocycles. The maximum absolute atomic E-state index is 12.6. The van der Waals surface area contributed by atoms with Crippen LogP contribution in [0, 0.1) is 0 Å². The van der Waals surface area contributed by atoms with Crippen molar-refractivity contribution in [3.63, 3.8) is 0 Å². The van der Waals surface area contributed by atoms with Gasteiger partial charge in [0.25, 0.3) is 5.91 Å². The van der Waals surface area contributed by atoms with Gasteiger partial charge >= 0.3 is 0 Å². The van der Waals surface area contributed by atoms with Crippen LogP contribution in [0.5, 0.6) is 0 Å². The number of hydrogen-bond donors (Lipinski definition) is 0. The Morgan fingerprint density at radius 1 is 1.35 bits per heavy atom. The highest BCUT2D eigenvalue weighted by atomic mass is 16.5. The van der Waals surface area contributed by atoms with E-state index in [9.17, 15) is 4.79 Å². The van der Waals surface area contributed by atoms with Gasteiger partial charge in [0, 0.05) is 32.1 Å². The predicted octanol–water partition coefficient (Wildman–Crippen LogP) is 2.36. The average Bonchev–Trinajstić information content (AvgIpc) is 2.96. The lowest BCUT2D eigenvalue weighted by Crippen LogP contribution is -2.49. The van der Waals surface area contributed by atoms with Crippen molar-refractivity contribution in [2.75, 3.05) is 19.7 Å². The normalized spacial score (nSPS) is 27.8. The molecule has 4 heteroatoms. The van der Waals surface area contributed by atoms with Crippen molar-refractivity contribution < 1.29 is 9.53 Å².